The fourth-order valence-electron chi connectivity index (χ4n) is 1.69. The fraction of sp³-hybridized carbons (Fsp3) is 0.182. The van der Waals surface area contributed by atoms with Gasteiger partial charge in [-0.25, -0.2) is 0 Å². The lowest BCUT2D eigenvalue weighted by molar-refractivity contribution is 0.838. The van der Waals surface area contributed by atoms with Crippen LogP contribution < -0.4 is 5.73 Å². The van der Waals surface area contributed by atoms with Crippen molar-refractivity contribution in [3.8, 4) is 10.6 Å². The van der Waals surface area contributed by atoms with E-state index in [0.717, 1.165) is 37.9 Å². The Balaban J connectivity index is 2.19. The predicted molar refractivity (Wildman–Crippen MR) is 75.6 cm³/mol. The van der Waals surface area contributed by atoms with Gasteiger partial charge in [-0.15, -0.1) is 10.2 Å². The first-order chi connectivity index (χ1) is 8.69. The maximum atomic E-state index is 5.81. The van der Waals surface area contributed by atoms with Crippen LogP contribution in [0.1, 0.15) is 12.7 Å². The Bertz CT molecular complexity index is 717. The fourth-order valence-corrected chi connectivity index (χ4v) is 3.15. The summed E-state index contributed by atoms with van der Waals surface area (Å²) in [6, 6.07) is 5.68. The molecule has 0 bridgehead atoms. The molecule has 2 heterocycles. The lowest BCUT2D eigenvalue weighted by atomic mass is 10.2. The number of nitrogen functional groups attached to an aromatic ring is 1. The van der Waals surface area contributed by atoms with Crippen LogP contribution in [0.5, 0.6) is 0 Å². The number of aromatic nitrogens is 4. The first-order valence-electron chi connectivity index (χ1n) is 5.45. The van der Waals surface area contributed by atoms with Gasteiger partial charge in [0.2, 0.25) is 4.96 Å². The minimum atomic E-state index is 0.717. The highest BCUT2D eigenvalue weighted by atomic mass is 79.9. The molecule has 3 rings (SSSR count). The molecule has 0 atom stereocenters. The number of fused-ring (bicyclic) bond motifs is 1. The van der Waals surface area contributed by atoms with E-state index in [2.05, 4.69) is 31.2 Å². The molecular weight excluding hydrogens is 314 g/mol. The van der Waals surface area contributed by atoms with Gasteiger partial charge in [-0.2, -0.15) is 9.61 Å². The Hall–Kier alpha value is -1.47. The Morgan fingerprint density at radius 3 is 3.00 bits per heavy atom. The van der Waals surface area contributed by atoms with Gasteiger partial charge < -0.3 is 5.73 Å². The zero-order chi connectivity index (χ0) is 12.7. The van der Waals surface area contributed by atoms with Gasteiger partial charge in [0.05, 0.1) is 0 Å². The molecule has 5 nitrogen and oxygen atoms in total. The van der Waals surface area contributed by atoms with Crippen molar-refractivity contribution in [2.45, 2.75) is 13.3 Å². The average Bonchev–Trinajstić information content (AvgIpc) is 2.91. The molecule has 0 radical (unpaired) electrons. The molecule has 0 fully saturated rings. The molecule has 0 aliphatic heterocycles. The van der Waals surface area contributed by atoms with E-state index >= 15 is 0 Å². The van der Waals surface area contributed by atoms with Crippen molar-refractivity contribution in [2.75, 3.05) is 5.73 Å². The summed E-state index contributed by atoms with van der Waals surface area (Å²) in [5.74, 6) is 0.868. The lowest BCUT2D eigenvalue weighted by Gasteiger charge is -2.01. The number of hydrogen-bond donors (Lipinski definition) is 1. The van der Waals surface area contributed by atoms with E-state index in [1.54, 1.807) is 4.52 Å². The van der Waals surface area contributed by atoms with Crippen LogP contribution in [0.4, 0.5) is 5.69 Å². The summed E-state index contributed by atoms with van der Waals surface area (Å²) in [6.07, 6.45) is 0.808. The smallest absolute Gasteiger partial charge is 0.234 e. The second-order valence-electron chi connectivity index (χ2n) is 3.81. The van der Waals surface area contributed by atoms with Gasteiger partial charge in [0.1, 0.15) is 5.01 Å². The highest BCUT2D eigenvalue weighted by Gasteiger charge is 2.13. The number of benzene rings is 1. The first kappa shape index (κ1) is 11.6. The lowest BCUT2D eigenvalue weighted by Crippen LogP contribution is -1.94. The molecule has 18 heavy (non-hydrogen) atoms. The van der Waals surface area contributed by atoms with E-state index in [1.807, 2.05) is 25.1 Å². The molecule has 0 saturated heterocycles. The summed E-state index contributed by atoms with van der Waals surface area (Å²) in [6.45, 7) is 2.03. The molecule has 2 aromatic heterocycles. The predicted octanol–water partition coefficient (Wildman–Crippen LogP) is 2.76. The maximum Gasteiger partial charge on any atom is 0.234 e. The maximum absolute atomic E-state index is 5.81. The van der Waals surface area contributed by atoms with Crippen molar-refractivity contribution in [1.82, 2.24) is 19.8 Å². The first-order valence-corrected chi connectivity index (χ1v) is 7.06. The third-order valence-electron chi connectivity index (χ3n) is 2.59. The number of hydrogen-bond acceptors (Lipinski definition) is 5. The third kappa shape index (κ3) is 1.79. The quantitative estimate of drug-likeness (QED) is 0.736. The largest absolute Gasteiger partial charge is 0.399 e. The average molecular weight is 324 g/mol. The van der Waals surface area contributed by atoms with Gasteiger partial charge in [-0.05, 0) is 18.2 Å². The zero-order valence-corrected chi connectivity index (χ0v) is 12.0. The molecule has 0 spiro atoms. The number of anilines is 1. The Morgan fingerprint density at radius 2 is 2.22 bits per heavy atom. The van der Waals surface area contributed by atoms with Crippen molar-refractivity contribution in [3.63, 3.8) is 0 Å². The van der Waals surface area contributed by atoms with Crippen molar-refractivity contribution >= 4 is 37.9 Å². The van der Waals surface area contributed by atoms with Crippen LogP contribution in [0.3, 0.4) is 0 Å². The van der Waals surface area contributed by atoms with E-state index in [9.17, 15) is 0 Å². The van der Waals surface area contributed by atoms with Crippen LogP contribution in [-0.2, 0) is 6.42 Å². The van der Waals surface area contributed by atoms with Crippen LogP contribution in [-0.4, -0.2) is 19.8 Å². The molecule has 7 heteroatoms. The molecule has 2 N–H and O–H groups in total. The van der Waals surface area contributed by atoms with Crippen molar-refractivity contribution in [2.24, 2.45) is 0 Å². The Labute approximate surface area is 116 Å². The number of nitrogens with two attached hydrogens (primary N) is 1. The third-order valence-corrected chi connectivity index (χ3v) is 4.22. The van der Waals surface area contributed by atoms with E-state index < -0.39 is 0 Å². The summed E-state index contributed by atoms with van der Waals surface area (Å²) in [5, 5.41) is 13.6. The van der Waals surface area contributed by atoms with Crippen LogP contribution in [0, 0.1) is 0 Å². The molecule has 3 aromatic rings. The summed E-state index contributed by atoms with van der Waals surface area (Å²) >= 11 is 5.02. The van der Waals surface area contributed by atoms with Gasteiger partial charge in [0.25, 0.3) is 0 Å². The molecule has 1 aromatic carbocycles. The molecule has 0 aliphatic rings. The second kappa shape index (κ2) is 4.33. The van der Waals surface area contributed by atoms with Crippen molar-refractivity contribution in [3.05, 3.63) is 28.5 Å². The highest BCUT2D eigenvalue weighted by Crippen LogP contribution is 2.32. The summed E-state index contributed by atoms with van der Waals surface area (Å²) < 4.78 is 2.76. The van der Waals surface area contributed by atoms with Crippen LogP contribution in [0.15, 0.2) is 22.7 Å². The number of nitrogens with zero attached hydrogens (tertiary/aromatic N) is 4. The monoisotopic (exact) mass is 323 g/mol. The number of aryl methyl sites for hydroxylation is 1. The van der Waals surface area contributed by atoms with Gasteiger partial charge in [0, 0.05) is 22.1 Å². The van der Waals surface area contributed by atoms with Crippen molar-refractivity contribution in [1.29, 1.82) is 0 Å². The van der Waals surface area contributed by atoms with Gasteiger partial charge in [0.15, 0.2) is 5.82 Å². The Kier molecular flexibility index (Phi) is 2.79. The van der Waals surface area contributed by atoms with Gasteiger partial charge in [-0.3, -0.25) is 0 Å². The van der Waals surface area contributed by atoms with Crippen LogP contribution in [0.2, 0.25) is 0 Å². The van der Waals surface area contributed by atoms with E-state index in [0.29, 0.717) is 0 Å². The van der Waals surface area contributed by atoms with E-state index in [4.69, 9.17) is 5.73 Å². The standard InChI is InChI=1S/C11H10BrN5S/c1-2-9-14-15-11-17(9)16-10(18-11)7-5-6(13)3-4-8(7)12/h3-5H,2,13H2,1H3. The SMILES string of the molecule is CCc1nnc2sc(-c3cc(N)ccc3Br)nn12. The van der Waals surface area contributed by atoms with E-state index in [1.165, 1.54) is 11.3 Å². The number of rotatable bonds is 2. The summed E-state index contributed by atoms with van der Waals surface area (Å²) in [4.78, 5) is 0.802. The van der Waals surface area contributed by atoms with Gasteiger partial charge in [-0.1, -0.05) is 34.2 Å². The Morgan fingerprint density at radius 1 is 1.39 bits per heavy atom. The minimum Gasteiger partial charge on any atom is -0.399 e. The van der Waals surface area contributed by atoms with Crippen LogP contribution in [0.25, 0.3) is 15.5 Å². The van der Waals surface area contributed by atoms with Crippen molar-refractivity contribution < 1.29 is 0 Å². The summed E-state index contributed by atoms with van der Waals surface area (Å²) in [7, 11) is 0. The topological polar surface area (TPSA) is 69.1 Å². The molecule has 92 valence electrons. The second-order valence-corrected chi connectivity index (χ2v) is 5.62. The molecule has 0 saturated carbocycles. The minimum absolute atomic E-state index is 0.717. The molecular formula is C11H10BrN5S. The molecule has 0 amide bonds. The summed E-state index contributed by atoms with van der Waals surface area (Å²) in [5.41, 5.74) is 7.51. The molecule has 0 unspecified atom stereocenters. The zero-order valence-electron chi connectivity index (χ0n) is 9.59. The van der Waals surface area contributed by atoms with Crippen LogP contribution >= 0.6 is 27.3 Å². The number of halogens is 1. The van der Waals surface area contributed by atoms with E-state index in [-0.39, 0.29) is 0 Å². The molecule has 0 aliphatic carbocycles. The van der Waals surface area contributed by atoms with Gasteiger partial charge >= 0.3 is 0 Å². The highest BCUT2D eigenvalue weighted by molar-refractivity contribution is 9.10. The normalized spacial score (nSPS) is 11.2.